The molecule has 0 saturated carbocycles. The molecule has 0 aliphatic carbocycles. The number of H-pyrrole nitrogens is 1. The normalized spacial score (nSPS) is 12.8. The number of aromatic amines is 1. The van der Waals surface area contributed by atoms with E-state index in [9.17, 15) is 8.78 Å². The maximum Gasteiger partial charge on any atom is 0.178 e. The van der Waals surface area contributed by atoms with Gasteiger partial charge in [-0.15, -0.1) is 0 Å². The van der Waals surface area contributed by atoms with E-state index in [1.54, 1.807) is 4.57 Å². The van der Waals surface area contributed by atoms with E-state index in [-0.39, 0.29) is 11.6 Å². The second-order valence-electron chi connectivity index (χ2n) is 4.67. The maximum absolute atomic E-state index is 13.8. The Balaban J connectivity index is 2.26. The third kappa shape index (κ3) is 2.04. The molecule has 1 aromatic heterocycles. The SMILES string of the molecule is CC(c1ccccc1)n1c(=S)[nH]c2c(F)cc(F)cc21. The third-order valence-corrected chi connectivity index (χ3v) is 3.71. The molecular weight excluding hydrogens is 278 g/mol. The average molecular weight is 290 g/mol. The van der Waals surface area contributed by atoms with Crippen LogP contribution in [0.1, 0.15) is 18.5 Å². The van der Waals surface area contributed by atoms with Crippen LogP contribution >= 0.6 is 12.2 Å². The number of hydrogen-bond donors (Lipinski definition) is 1. The summed E-state index contributed by atoms with van der Waals surface area (Å²) in [6.07, 6.45) is 0. The standard InChI is InChI=1S/C15H12F2N2S/c1-9(10-5-3-2-4-6-10)19-13-8-11(16)7-12(17)14(13)18-15(19)20/h2-9H,1H3,(H,18,20). The number of halogens is 2. The van der Waals surface area contributed by atoms with Crippen LogP contribution in [0.3, 0.4) is 0 Å². The molecule has 20 heavy (non-hydrogen) atoms. The van der Waals surface area contributed by atoms with Crippen molar-refractivity contribution in [3.63, 3.8) is 0 Å². The lowest BCUT2D eigenvalue weighted by molar-refractivity contribution is 0.588. The minimum Gasteiger partial charge on any atom is -0.328 e. The molecule has 2 nitrogen and oxygen atoms in total. The first-order valence-electron chi connectivity index (χ1n) is 6.22. The molecule has 1 N–H and O–H groups in total. The lowest BCUT2D eigenvalue weighted by Gasteiger charge is -2.15. The van der Waals surface area contributed by atoms with Crippen molar-refractivity contribution in [3.8, 4) is 0 Å². The summed E-state index contributed by atoms with van der Waals surface area (Å²) in [6.45, 7) is 1.95. The first kappa shape index (κ1) is 13.0. The number of fused-ring (bicyclic) bond motifs is 1. The minimum absolute atomic E-state index is 0.112. The van der Waals surface area contributed by atoms with Crippen molar-refractivity contribution in [1.29, 1.82) is 0 Å². The van der Waals surface area contributed by atoms with Gasteiger partial charge in [-0.1, -0.05) is 30.3 Å². The highest BCUT2D eigenvalue weighted by atomic mass is 32.1. The zero-order valence-corrected chi connectivity index (χ0v) is 11.5. The van der Waals surface area contributed by atoms with Gasteiger partial charge in [0.05, 0.1) is 11.6 Å². The monoisotopic (exact) mass is 290 g/mol. The van der Waals surface area contributed by atoms with Crippen molar-refractivity contribution in [2.75, 3.05) is 0 Å². The average Bonchev–Trinajstić information content (AvgIpc) is 2.76. The van der Waals surface area contributed by atoms with Crippen LogP contribution in [0.25, 0.3) is 11.0 Å². The Kier molecular flexibility index (Phi) is 3.14. The highest BCUT2D eigenvalue weighted by Gasteiger charge is 2.16. The Morgan fingerprint density at radius 2 is 1.85 bits per heavy atom. The molecule has 102 valence electrons. The number of nitrogens with zero attached hydrogens (tertiary/aromatic N) is 1. The molecule has 1 heterocycles. The number of imidazole rings is 1. The maximum atomic E-state index is 13.8. The van der Waals surface area contributed by atoms with E-state index in [1.165, 1.54) is 6.07 Å². The largest absolute Gasteiger partial charge is 0.328 e. The van der Waals surface area contributed by atoms with Crippen LogP contribution in [0.2, 0.25) is 0 Å². The second kappa shape index (κ2) is 4.83. The van der Waals surface area contributed by atoms with Crippen molar-refractivity contribution in [3.05, 3.63) is 64.4 Å². The smallest absolute Gasteiger partial charge is 0.178 e. The molecular formula is C15H12F2N2S. The molecule has 1 atom stereocenters. The van der Waals surface area contributed by atoms with Gasteiger partial charge >= 0.3 is 0 Å². The number of nitrogens with one attached hydrogen (secondary N) is 1. The summed E-state index contributed by atoms with van der Waals surface area (Å²) in [5, 5.41) is 0. The van der Waals surface area contributed by atoms with Gasteiger partial charge in [-0.05, 0) is 30.8 Å². The lowest BCUT2D eigenvalue weighted by Crippen LogP contribution is -2.06. The van der Waals surface area contributed by atoms with Crippen LogP contribution in [0, 0.1) is 16.4 Å². The van der Waals surface area contributed by atoms with Crippen LogP contribution < -0.4 is 0 Å². The molecule has 3 aromatic rings. The molecule has 0 aliphatic heterocycles. The Hall–Kier alpha value is -2.01. The van der Waals surface area contributed by atoms with E-state index in [4.69, 9.17) is 12.2 Å². The Morgan fingerprint density at radius 1 is 1.15 bits per heavy atom. The van der Waals surface area contributed by atoms with Crippen molar-refractivity contribution >= 4 is 23.3 Å². The fourth-order valence-corrected chi connectivity index (χ4v) is 2.77. The Bertz CT molecular complexity index is 821. The molecule has 2 aromatic carbocycles. The fraction of sp³-hybridized carbons (Fsp3) is 0.133. The van der Waals surface area contributed by atoms with E-state index in [1.807, 2.05) is 37.3 Å². The summed E-state index contributed by atoms with van der Waals surface area (Å²) in [6, 6.07) is 11.7. The molecule has 0 radical (unpaired) electrons. The van der Waals surface area contributed by atoms with E-state index >= 15 is 0 Å². The number of hydrogen-bond acceptors (Lipinski definition) is 1. The zero-order valence-electron chi connectivity index (χ0n) is 10.7. The van der Waals surface area contributed by atoms with Crippen LogP contribution in [-0.2, 0) is 0 Å². The first-order chi connectivity index (χ1) is 9.58. The van der Waals surface area contributed by atoms with E-state index < -0.39 is 11.6 Å². The van der Waals surface area contributed by atoms with Gasteiger partial charge in [0.15, 0.2) is 10.6 Å². The Labute approximate surface area is 119 Å². The molecule has 1 unspecified atom stereocenters. The molecule has 0 fully saturated rings. The molecule has 0 bridgehead atoms. The van der Waals surface area contributed by atoms with Crippen LogP contribution in [0.15, 0.2) is 42.5 Å². The molecule has 0 saturated heterocycles. The number of aromatic nitrogens is 2. The van der Waals surface area contributed by atoms with Gasteiger partial charge in [-0.3, -0.25) is 0 Å². The summed E-state index contributed by atoms with van der Waals surface area (Å²) in [5.41, 5.74) is 1.69. The van der Waals surface area contributed by atoms with Gasteiger partial charge in [0.25, 0.3) is 0 Å². The van der Waals surface area contributed by atoms with Gasteiger partial charge in [-0.25, -0.2) is 8.78 Å². The summed E-state index contributed by atoms with van der Waals surface area (Å²) in [7, 11) is 0. The van der Waals surface area contributed by atoms with Crippen molar-refractivity contribution in [1.82, 2.24) is 9.55 Å². The highest BCUT2D eigenvalue weighted by Crippen LogP contribution is 2.26. The second-order valence-corrected chi connectivity index (χ2v) is 5.06. The van der Waals surface area contributed by atoms with E-state index in [0.29, 0.717) is 10.3 Å². The van der Waals surface area contributed by atoms with Gasteiger partial charge in [0.1, 0.15) is 11.3 Å². The van der Waals surface area contributed by atoms with Crippen molar-refractivity contribution < 1.29 is 8.78 Å². The van der Waals surface area contributed by atoms with Crippen molar-refractivity contribution in [2.24, 2.45) is 0 Å². The Morgan fingerprint density at radius 3 is 2.55 bits per heavy atom. The van der Waals surface area contributed by atoms with E-state index in [2.05, 4.69) is 4.98 Å². The highest BCUT2D eigenvalue weighted by molar-refractivity contribution is 7.71. The van der Waals surface area contributed by atoms with E-state index in [0.717, 1.165) is 11.6 Å². The third-order valence-electron chi connectivity index (χ3n) is 3.41. The zero-order chi connectivity index (χ0) is 14.3. The molecule has 3 rings (SSSR count). The summed E-state index contributed by atoms with van der Waals surface area (Å²) in [4.78, 5) is 2.81. The lowest BCUT2D eigenvalue weighted by atomic mass is 10.1. The molecule has 0 aliphatic rings. The molecule has 5 heteroatoms. The van der Waals surface area contributed by atoms with Gasteiger partial charge in [0, 0.05) is 6.07 Å². The predicted molar refractivity (Wildman–Crippen MR) is 77.3 cm³/mol. The molecule has 0 amide bonds. The van der Waals surface area contributed by atoms with Gasteiger partial charge in [0.2, 0.25) is 0 Å². The molecule has 0 spiro atoms. The summed E-state index contributed by atoms with van der Waals surface area (Å²) < 4.78 is 29.3. The predicted octanol–water partition coefficient (Wildman–Crippen LogP) is 4.59. The van der Waals surface area contributed by atoms with Gasteiger partial charge in [-0.2, -0.15) is 0 Å². The topological polar surface area (TPSA) is 20.7 Å². The summed E-state index contributed by atoms with van der Waals surface area (Å²) in [5.74, 6) is -1.25. The number of rotatable bonds is 2. The minimum atomic E-state index is -0.634. The summed E-state index contributed by atoms with van der Waals surface area (Å²) >= 11 is 5.25. The van der Waals surface area contributed by atoms with Crippen LogP contribution in [0.5, 0.6) is 0 Å². The fourth-order valence-electron chi connectivity index (χ4n) is 2.42. The van der Waals surface area contributed by atoms with Crippen molar-refractivity contribution in [2.45, 2.75) is 13.0 Å². The number of benzene rings is 2. The van der Waals surface area contributed by atoms with Crippen LogP contribution in [-0.4, -0.2) is 9.55 Å². The first-order valence-corrected chi connectivity index (χ1v) is 6.63. The quantitative estimate of drug-likeness (QED) is 0.685. The van der Waals surface area contributed by atoms with Crippen LogP contribution in [0.4, 0.5) is 8.78 Å². The van der Waals surface area contributed by atoms with Gasteiger partial charge < -0.3 is 9.55 Å².